The predicted octanol–water partition coefficient (Wildman–Crippen LogP) is 3.58. The molecule has 0 fully saturated rings. The second-order valence-electron chi connectivity index (χ2n) is 4.70. The summed E-state index contributed by atoms with van der Waals surface area (Å²) in [5.41, 5.74) is 5.81. The van der Waals surface area contributed by atoms with E-state index in [9.17, 15) is 0 Å². The number of halogens is 1. The minimum absolute atomic E-state index is 0.0816. The Bertz CT molecular complexity index is 321. The van der Waals surface area contributed by atoms with Gasteiger partial charge in [-0.1, -0.05) is 11.6 Å². The summed E-state index contributed by atoms with van der Waals surface area (Å²) < 4.78 is 5.59. The molecule has 0 aliphatic carbocycles. The molecule has 2 nitrogen and oxygen atoms in total. The zero-order chi connectivity index (χ0) is 12.7. The van der Waals surface area contributed by atoms with Gasteiger partial charge in [-0.3, -0.25) is 0 Å². The molecule has 0 amide bonds. The minimum Gasteiger partial charge on any atom is -0.494 e. The maximum Gasteiger partial charge on any atom is 0.119 e. The van der Waals surface area contributed by atoms with Crippen LogP contribution in [0.25, 0.3) is 0 Å². The van der Waals surface area contributed by atoms with Crippen LogP contribution in [0.2, 0.25) is 5.02 Å². The first-order chi connectivity index (χ1) is 7.97. The van der Waals surface area contributed by atoms with Gasteiger partial charge >= 0.3 is 0 Å². The summed E-state index contributed by atoms with van der Waals surface area (Å²) in [6, 6.07) is 7.45. The predicted molar refractivity (Wildman–Crippen MR) is 77.2 cm³/mol. The van der Waals surface area contributed by atoms with Gasteiger partial charge in [0.25, 0.3) is 0 Å². The molecule has 0 heterocycles. The molecule has 0 aliphatic rings. The van der Waals surface area contributed by atoms with Crippen molar-refractivity contribution in [2.75, 3.05) is 18.1 Å². The Morgan fingerprint density at radius 3 is 2.53 bits per heavy atom. The molecule has 17 heavy (non-hydrogen) atoms. The van der Waals surface area contributed by atoms with Crippen LogP contribution in [0.15, 0.2) is 24.3 Å². The standard InChI is InChI=1S/C13H20ClNOS/c1-13(2,15)10-17-9-3-8-16-12-6-4-11(14)5-7-12/h4-7H,3,8-10,15H2,1-2H3. The Balaban J connectivity index is 2.07. The van der Waals surface area contributed by atoms with Gasteiger partial charge in [-0.05, 0) is 50.3 Å². The van der Waals surface area contributed by atoms with E-state index in [0.29, 0.717) is 0 Å². The van der Waals surface area contributed by atoms with Crippen LogP contribution in [0, 0.1) is 0 Å². The van der Waals surface area contributed by atoms with E-state index in [1.807, 2.05) is 49.9 Å². The molecule has 96 valence electrons. The maximum absolute atomic E-state index is 5.89. The van der Waals surface area contributed by atoms with Crippen molar-refractivity contribution in [1.82, 2.24) is 0 Å². The number of hydrogen-bond acceptors (Lipinski definition) is 3. The molecule has 4 heteroatoms. The van der Waals surface area contributed by atoms with Crippen molar-refractivity contribution in [1.29, 1.82) is 0 Å². The van der Waals surface area contributed by atoms with Crippen molar-refractivity contribution < 1.29 is 4.74 Å². The lowest BCUT2D eigenvalue weighted by Gasteiger charge is -2.17. The van der Waals surface area contributed by atoms with E-state index >= 15 is 0 Å². The van der Waals surface area contributed by atoms with Gasteiger partial charge in [0.1, 0.15) is 5.75 Å². The van der Waals surface area contributed by atoms with Crippen LogP contribution in [0.3, 0.4) is 0 Å². The first-order valence-electron chi connectivity index (χ1n) is 5.72. The Labute approximate surface area is 113 Å². The fourth-order valence-electron chi connectivity index (χ4n) is 1.22. The van der Waals surface area contributed by atoms with Gasteiger partial charge in [0.2, 0.25) is 0 Å². The van der Waals surface area contributed by atoms with Gasteiger partial charge in [0.05, 0.1) is 6.61 Å². The molecule has 1 rings (SSSR count). The second-order valence-corrected chi connectivity index (χ2v) is 6.24. The van der Waals surface area contributed by atoms with Gasteiger partial charge in [0, 0.05) is 16.3 Å². The molecule has 0 saturated heterocycles. The Morgan fingerprint density at radius 1 is 1.29 bits per heavy atom. The van der Waals surface area contributed by atoms with Crippen molar-refractivity contribution in [3.05, 3.63) is 29.3 Å². The largest absolute Gasteiger partial charge is 0.494 e. The van der Waals surface area contributed by atoms with Gasteiger partial charge < -0.3 is 10.5 Å². The van der Waals surface area contributed by atoms with Crippen LogP contribution in [-0.4, -0.2) is 23.7 Å². The van der Waals surface area contributed by atoms with Crippen LogP contribution in [0.5, 0.6) is 5.75 Å². The maximum atomic E-state index is 5.89. The summed E-state index contributed by atoms with van der Waals surface area (Å²) in [5, 5.41) is 0.734. The highest BCUT2D eigenvalue weighted by Gasteiger charge is 2.09. The molecule has 2 N–H and O–H groups in total. The molecule has 0 spiro atoms. The van der Waals surface area contributed by atoms with Crippen LogP contribution in [0.1, 0.15) is 20.3 Å². The summed E-state index contributed by atoms with van der Waals surface area (Å²) >= 11 is 7.66. The normalized spacial score (nSPS) is 11.5. The van der Waals surface area contributed by atoms with E-state index in [0.717, 1.165) is 35.3 Å². The number of rotatable bonds is 7. The number of benzene rings is 1. The molecule has 1 aromatic rings. The highest BCUT2D eigenvalue weighted by molar-refractivity contribution is 7.99. The molecule has 1 aromatic carbocycles. The third-order valence-corrected chi connectivity index (χ3v) is 3.77. The van der Waals surface area contributed by atoms with Crippen LogP contribution >= 0.6 is 23.4 Å². The lowest BCUT2D eigenvalue weighted by atomic mass is 10.1. The second kappa shape index (κ2) is 7.14. The van der Waals surface area contributed by atoms with Gasteiger partial charge in [-0.2, -0.15) is 11.8 Å². The summed E-state index contributed by atoms with van der Waals surface area (Å²) in [7, 11) is 0. The Kier molecular flexibility index (Phi) is 6.17. The molecule has 0 saturated carbocycles. The average Bonchev–Trinajstić information content (AvgIpc) is 2.24. The average molecular weight is 274 g/mol. The zero-order valence-electron chi connectivity index (χ0n) is 10.4. The van der Waals surface area contributed by atoms with Gasteiger partial charge in [-0.25, -0.2) is 0 Å². The zero-order valence-corrected chi connectivity index (χ0v) is 12.0. The van der Waals surface area contributed by atoms with Crippen molar-refractivity contribution in [2.24, 2.45) is 5.73 Å². The third-order valence-electron chi connectivity index (χ3n) is 1.99. The van der Waals surface area contributed by atoms with Crippen molar-refractivity contribution >= 4 is 23.4 Å². The van der Waals surface area contributed by atoms with E-state index in [1.165, 1.54) is 0 Å². The van der Waals surface area contributed by atoms with Gasteiger partial charge in [0.15, 0.2) is 0 Å². The quantitative estimate of drug-likeness (QED) is 0.772. The highest BCUT2D eigenvalue weighted by atomic mass is 35.5. The number of nitrogens with two attached hydrogens (primary N) is 1. The number of hydrogen-bond donors (Lipinski definition) is 1. The fourth-order valence-corrected chi connectivity index (χ4v) is 2.34. The van der Waals surface area contributed by atoms with E-state index < -0.39 is 0 Å². The highest BCUT2D eigenvalue weighted by Crippen LogP contribution is 2.16. The minimum atomic E-state index is -0.0816. The number of thioether (sulfide) groups is 1. The van der Waals surface area contributed by atoms with Crippen LogP contribution in [0.4, 0.5) is 0 Å². The van der Waals surface area contributed by atoms with E-state index in [4.69, 9.17) is 22.1 Å². The van der Waals surface area contributed by atoms with E-state index in [-0.39, 0.29) is 5.54 Å². The van der Waals surface area contributed by atoms with Crippen molar-refractivity contribution in [3.8, 4) is 5.75 Å². The third kappa shape index (κ3) is 7.53. The summed E-state index contributed by atoms with van der Waals surface area (Å²) in [6.45, 7) is 4.83. The van der Waals surface area contributed by atoms with E-state index in [2.05, 4.69) is 0 Å². The monoisotopic (exact) mass is 273 g/mol. The molecular formula is C13H20ClNOS. The lowest BCUT2D eigenvalue weighted by molar-refractivity contribution is 0.318. The van der Waals surface area contributed by atoms with Gasteiger partial charge in [-0.15, -0.1) is 0 Å². The van der Waals surface area contributed by atoms with Crippen molar-refractivity contribution in [2.45, 2.75) is 25.8 Å². The first-order valence-corrected chi connectivity index (χ1v) is 7.26. The molecule has 0 unspecified atom stereocenters. The lowest BCUT2D eigenvalue weighted by Crippen LogP contribution is -2.34. The number of ether oxygens (including phenoxy) is 1. The topological polar surface area (TPSA) is 35.2 Å². The summed E-state index contributed by atoms with van der Waals surface area (Å²) in [6.07, 6.45) is 1.03. The van der Waals surface area contributed by atoms with Crippen LogP contribution in [-0.2, 0) is 0 Å². The first kappa shape index (κ1) is 14.7. The molecule has 0 radical (unpaired) electrons. The Hall–Kier alpha value is -0.380. The smallest absolute Gasteiger partial charge is 0.119 e. The fraction of sp³-hybridized carbons (Fsp3) is 0.538. The molecule has 0 bridgehead atoms. The van der Waals surface area contributed by atoms with Crippen molar-refractivity contribution in [3.63, 3.8) is 0 Å². The van der Waals surface area contributed by atoms with E-state index in [1.54, 1.807) is 0 Å². The summed E-state index contributed by atoms with van der Waals surface area (Å²) in [5.74, 6) is 2.93. The van der Waals surface area contributed by atoms with Crippen LogP contribution < -0.4 is 10.5 Å². The Morgan fingerprint density at radius 2 is 1.94 bits per heavy atom. The molecular weight excluding hydrogens is 254 g/mol. The SMILES string of the molecule is CC(C)(N)CSCCCOc1ccc(Cl)cc1. The molecule has 0 atom stereocenters. The molecule has 0 aromatic heterocycles. The summed E-state index contributed by atoms with van der Waals surface area (Å²) in [4.78, 5) is 0. The molecule has 0 aliphatic heterocycles.